The minimum absolute atomic E-state index is 0.101. The number of aliphatic hydroxyl groups is 1. The first-order chi connectivity index (χ1) is 11.7. The minimum Gasteiger partial charge on any atom is -0.394 e. The average Bonchev–Trinajstić information content (AvgIpc) is 2.68. The van der Waals surface area contributed by atoms with Gasteiger partial charge in [-0.1, -0.05) is 96.7 Å². The maximum absolute atomic E-state index is 9.57. The summed E-state index contributed by atoms with van der Waals surface area (Å²) < 4.78 is 0. The molecule has 4 heteroatoms. The number of nitrogens with two attached hydrogens (primary N) is 1. The average molecular weight is 353 g/mol. The van der Waals surface area contributed by atoms with Crippen molar-refractivity contribution in [2.24, 2.45) is 5.73 Å². The number of aliphatic hydroxyl groups excluding tert-OH is 1. The van der Waals surface area contributed by atoms with Crippen molar-refractivity contribution < 1.29 is 5.11 Å². The van der Waals surface area contributed by atoms with Gasteiger partial charge in [0.15, 0.2) is 0 Å². The number of hydrogen-bond donors (Lipinski definition) is 2. The van der Waals surface area contributed by atoms with E-state index >= 15 is 0 Å². The van der Waals surface area contributed by atoms with Crippen molar-refractivity contribution in [3.63, 3.8) is 0 Å². The fourth-order valence-corrected chi connectivity index (χ4v) is 7.06. The van der Waals surface area contributed by atoms with Crippen molar-refractivity contribution >= 4 is 33.8 Å². The zero-order valence-electron chi connectivity index (χ0n) is 13.2. The summed E-state index contributed by atoms with van der Waals surface area (Å²) in [5.74, 6) is 0. The molecule has 0 fully saturated rings. The molecular formula is C20H20NOPS. The third-order valence-corrected chi connectivity index (χ3v) is 9.10. The quantitative estimate of drug-likeness (QED) is 0.693. The Hall–Kier alpha value is -1.77. The molecule has 0 radical (unpaired) electrons. The highest BCUT2D eigenvalue weighted by atomic mass is 32.4. The Morgan fingerprint density at radius 3 is 1.75 bits per heavy atom. The highest BCUT2D eigenvalue weighted by Crippen LogP contribution is 2.44. The van der Waals surface area contributed by atoms with Crippen molar-refractivity contribution in [1.29, 1.82) is 0 Å². The van der Waals surface area contributed by atoms with Crippen molar-refractivity contribution in [3.8, 4) is 0 Å². The van der Waals surface area contributed by atoms with E-state index in [-0.39, 0.29) is 6.61 Å². The van der Waals surface area contributed by atoms with Gasteiger partial charge < -0.3 is 10.8 Å². The zero-order valence-corrected chi connectivity index (χ0v) is 15.0. The first-order valence-corrected chi connectivity index (χ1v) is 10.7. The van der Waals surface area contributed by atoms with E-state index in [9.17, 15) is 5.11 Å². The SMILES string of the molecule is N[C@@H](CO)c1ccccc1P(=S)(c1ccccc1)c1ccccc1. The second-order valence-electron chi connectivity index (χ2n) is 5.63. The van der Waals surface area contributed by atoms with Crippen LogP contribution in [-0.4, -0.2) is 11.7 Å². The molecule has 0 saturated carbocycles. The summed E-state index contributed by atoms with van der Waals surface area (Å²) in [6.45, 7) is -0.101. The van der Waals surface area contributed by atoms with Gasteiger partial charge in [-0.15, -0.1) is 0 Å². The van der Waals surface area contributed by atoms with E-state index in [1.807, 2.05) is 54.6 Å². The molecule has 0 unspecified atom stereocenters. The Kier molecular flexibility index (Phi) is 5.27. The summed E-state index contributed by atoms with van der Waals surface area (Å²) in [6, 6.07) is 25.8. The molecule has 122 valence electrons. The zero-order chi connectivity index (χ0) is 17.0. The molecule has 0 bridgehead atoms. The van der Waals surface area contributed by atoms with Crippen LogP contribution in [0.5, 0.6) is 0 Å². The molecule has 0 heterocycles. The van der Waals surface area contributed by atoms with Gasteiger partial charge in [-0.3, -0.25) is 0 Å². The smallest absolute Gasteiger partial charge is 0.0624 e. The molecule has 0 aliphatic rings. The molecule has 1 atom stereocenters. The summed E-state index contributed by atoms with van der Waals surface area (Å²) in [5, 5.41) is 12.9. The molecule has 0 aromatic heterocycles. The van der Waals surface area contributed by atoms with Gasteiger partial charge >= 0.3 is 0 Å². The second kappa shape index (κ2) is 7.42. The molecular weight excluding hydrogens is 333 g/mol. The lowest BCUT2D eigenvalue weighted by molar-refractivity contribution is 0.268. The van der Waals surface area contributed by atoms with Crippen LogP contribution in [0.4, 0.5) is 0 Å². The molecule has 3 aromatic carbocycles. The summed E-state index contributed by atoms with van der Waals surface area (Å²) in [4.78, 5) is 0. The molecule has 24 heavy (non-hydrogen) atoms. The van der Waals surface area contributed by atoms with E-state index in [0.717, 1.165) is 21.5 Å². The third kappa shape index (κ3) is 3.09. The molecule has 2 nitrogen and oxygen atoms in total. The van der Waals surface area contributed by atoms with Crippen LogP contribution in [0.1, 0.15) is 11.6 Å². The van der Waals surface area contributed by atoms with Gasteiger partial charge in [0.25, 0.3) is 0 Å². The van der Waals surface area contributed by atoms with Gasteiger partial charge in [0, 0.05) is 6.04 Å². The fraction of sp³-hybridized carbons (Fsp3) is 0.100. The van der Waals surface area contributed by atoms with Crippen LogP contribution in [0.25, 0.3) is 0 Å². The van der Waals surface area contributed by atoms with E-state index in [2.05, 4.69) is 30.3 Å². The van der Waals surface area contributed by atoms with Crippen LogP contribution in [0.3, 0.4) is 0 Å². The van der Waals surface area contributed by atoms with Gasteiger partial charge in [0.2, 0.25) is 0 Å². The van der Waals surface area contributed by atoms with Crippen LogP contribution in [0.2, 0.25) is 0 Å². The highest BCUT2D eigenvalue weighted by molar-refractivity contribution is 8.25. The predicted molar refractivity (Wildman–Crippen MR) is 107 cm³/mol. The van der Waals surface area contributed by atoms with Gasteiger partial charge in [0.05, 0.1) is 12.6 Å². The first kappa shape index (κ1) is 17.1. The normalized spacial score (nSPS) is 12.8. The van der Waals surface area contributed by atoms with Crippen LogP contribution in [0.15, 0.2) is 84.9 Å². The molecule has 0 aliphatic carbocycles. The number of hydrogen-bond acceptors (Lipinski definition) is 3. The van der Waals surface area contributed by atoms with Crippen molar-refractivity contribution in [1.82, 2.24) is 0 Å². The molecule has 3 aromatic rings. The standard InChI is InChI=1S/C20H20NOPS/c21-19(15-22)18-13-7-8-14-20(18)23(24,16-9-3-1-4-10-16)17-11-5-2-6-12-17/h1-14,19,22H,15,21H2/t19-/m0/s1. The Balaban J connectivity index is 2.31. The fourth-order valence-electron chi connectivity index (χ4n) is 2.89. The van der Waals surface area contributed by atoms with E-state index in [0.29, 0.717) is 0 Å². The summed E-state index contributed by atoms with van der Waals surface area (Å²) in [6.07, 6.45) is 0. The van der Waals surface area contributed by atoms with Crippen molar-refractivity contribution in [2.45, 2.75) is 6.04 Å². The maximum Gasteiger partial charge on any atom is 0.0624 e. The molecule has 0 aliphatic heterocycles. The second-order valence-corrected chi connectivity index (χ2v) is 10.0. The summed E-state index contributed by atoms with van der Waals surface area (Å²) >= 11 is 6.33. The third-order valence-electron chi connectivity index (χ3n) is 4.11. The number of benzene rings is 3. The van der Waals surface area contributed by atoms with Gasteiger partial charge in [-0.25, -0.2) is 0 Å². The first-order valence-electron chi connectivity index (χ1n) is 7.85. The molecule has 3 N–H and O–H groups in total. The van der Waals surface area contributed by atoms with Gasteiger partial charge in [0.1, 0.15) is 0 Å². The Labute approximate surface area is 148 Å². The molecule has 0 spiro atoms. The largest absolute Gasteiger partial charge is 0.394 e. The predicted octanol–water partition coefficient (Wildman–Crippen LogP) is 2.43. The lowest BCUT2D eigenvalue weighted by Crippen LogP contribution is -2.30. The lowest BCUT2D eigenvalue weighted by atomic mass is 10.1. The summed E-state index contributed by atoms with van der Waals surface area (Å²) in [5.41, 5.74) is 7.10. The van der Waals surface area contributed by atoms with E-state index in [1.54, 1.807) is 0 Å². The Morgan fingerprint density at radius 1 is 0.792 bits per heavy atom. The van der Waals surface area contributed by atoms with Crippen LogP contribution in [0, 0.1) is 0 Å². The molecule has 0 amide bonds. The number of rotatable bonds is 5. The van der Waals surface area contributed by atoms with E-state index in [4.69, 9.17) is 17.5 Å². The topological polar surface area (TPSA) is 46.2 Å². The maximum atomic E-state index is 9.57. The van der Waals surface area contributed by atoms with Crippen LogP contribution in [-0.2, 0) is 11.8 Å². The highest BCUT2D eigenvalue weighted by Gasteiger charge is 2.28. The van der Waals surface area contributed by atoms with Crippen LogP contribution < -0.4 is 21.6 Å². The van der Waals surface area contributed by atoms with Crippen LogP contribution >= 0.6 is 6.04 Å². The minimum atomic E-state index is -2.24. The molecule has 0 saturated heterocycles. The van der Waals surface area contributed by atoms with E-state index in [1.165, 1.54) is 0 Å². The summed E-state index contributed by atoms with van der Waals surface area (Å²) in [7, 11) is 0. The van der Waals surface area contributed by atoms with Crippen molar-refractivity contribution in [2.75, 3.05) is 6.61 Å². The Bertz CT molecular complexity index is 808. The van der Waals surface area contributed by atoms with E-state index < -0.39 is 12.1 Å². The van der Waals surface area contributed by atoms with Gasteiger partial charge in [-0.2, -0.15) is 0 Å². The monoisotopic (exact) mass is 353 g/mol. The molecule has 3 rings (SSSR count). The lowest BCUT2D eigenvalue weighted by Gasteiger charge is -2.27. The van der Waals surface area contributed by atoms with Gasteiger partial charge in [-0.05, 0) is 21.5 Å². The Morgan fingerprint density at radius 2 is 1.25 bits per heavy atom. The van der Waals surface area contributed by atoms with Crippen molar-refractivity contribution in [3.05, 3.63) is 90.5 Å².